The van der Waals surface area contributed by atoms with Gasteiger partial charge in [-0.3, -0.25) is 4.79 Å². The molecule has 0 aliphatic carbocycles. The maximum atomic E-state index is 12.1. The van der Waals surface area contributed by atoms with Gasteiger partial charge in [-0.1, -0.05) is 27.7 Å². The van der Waals surface area contributed by atoms with E-state index in [-0.39, 0.29) is 5.56 Å². The Hall–Kier alpha value is -1.16. The minimum atomic E-state index is 0.0254. The van der Waals surface area contributed by atoms with Crippen molar-refractivity contribution in [1.82, 2.24) is 15.1 Å². The van der Waals surface area contributed by atoms with Crippen LogP contribution in [-0.4, -0.2) is 16.8 Å². The topological polar surface area (TPSA) is 46.9 Å². The largest absolute Gasteiger partial charge is 0.315 e. The molecule has 0 radical (unpaired) electrons. The number of hydrogen-bond donors (Lipinski definition) is 1. The van der Waals surface area contributed by atoms with Crippen LogP contribution in [0.2, 0.25) is 0 Å². The van der Waals surface area contributed by atoms with Crippen molar-refractivity contribution in [3.05, 3.63) is 27.7 Å². The summed E-state index contributed by atoms with van der Waals surface area (Å²) < 4.78 is 1.60. The van der Waals surface area contributed by atoms with Crippen LogP contribution in [0.25, 0.3) is 0 Å². The Morgan fingerprint density at radius 2 is 2.00 bits per heavy atom. The third-order valence-electron chi connectivity index (χ3n) is 2.56. The third kappa shape index (κ3) is 3.66. The Morgan fingerprint density at radius 3 is 2.47 bits per heavy atom. The van der Waals surface area contributed by atoms with E-state index in [0.717, 1.165) is 11.3 Å². The van der Waals surface area contributed by atoms with Crippen LogP contribution >= 0.6 is 0 Å². The van der Waals surface area contributed by atoms with Gasteiger partial charge in [-0.15, -0.1) is 0 Å². The van der Waals surface area contributed by atoms with Crippen molar-refractivity contribution in [3.63, 3.8) is 0 Å². The number of nitrogens with zero attached hydrogens (tertiary/aromatic N) is 2. The van der Waals surface area contributed by atoms with Crippen LogP contribution in [-0.2, 0) is 13.1 Å². The molecule has 0 spiro atoms. The standard InChI is InChI=1S/C13H23N3O/c1-9(2)8-16-13(17)11(7-14-5)6-12(15-16)10(3)4/h6,9-10,14H,7-8H2,1-5H3. The Labute approximate surface area is 103 Å². The first-order chi connectivity index (χ1) is 7.95. The minimum Gasteiger partial charge on any atom is -0.315 e. The fourth-order valence-electron chi connectivity index (χ4n) is 1.69. The molecule has 1 aromatic rings. The highest BCUT2D eigenvalue weighted by molar-refractivity contribution is 5.16. The second-order valence-electron chi connectivity index (χ2n) is 5.16. The molecular weight excluding hydrogens is 214 g/mol. The molecule has 1 N–H and O–H groups in total. The highest BCUT2D eigenvalue weighted by Gasteiger charge is 2.11. The molecule has 0 bridgehead atoms. The molecule has 0 aliphatic heterocycles. The Kier molecular flexibility index (Phi) is 4.87. The average Bonchev–Trinajstić information content (AvgIpc) is 2.23. The van der Waals surface area contributed by atoms with Crippen LogP contribution in [0.1, 0.15) is 44.9 Å². The average molecular weight is 237 g/mol. The molecule has 17 heavy (non-hydrogen) atoms. The van der Waals surface area contributed by atoms with Crippen LogP contribution in [0.15, 0.2) is 10.9 Å². The molecule has 0 unspecified atom stereocenters. The Bertz CT molecular complexity index is 421. The summed E-state index contributed by atoms with van der Waals surface area (Å²) in [6.45, 7) is 9.64. The summed E-state index contributed by atoms with van der Waals surface area (Å²) in [6, 6.07) is 1.92. The first kappa shape index (κ1) is 13.9. The first-order valence-electron chi connectivity index (χ1n) is 6.21. The van der Waals surface area contributed by atoms with E-state index in [2.05, 4.69) is 38.1 Å². The maximum Gasteiger partial charge on any atom is 0.271 e. The molecule has 0 saturated heterocycles. The maximum absolute atomic E-state index is 12.1. The van der Waals surface area contributed by atoms with E-state index in [1.54, 1.807) is 4.68 Å². The van der Waals surface area contributed by atoms with Gasteiger partial charge in [-0.2, -0.15) is 5.10 Å². The number of nitrogens with one attached hydrogen (secondary N) is 1. The van der Waals surface area contributed by atoms with Gasteiger partial charge in [-0.05, 0) is 24.9 Å². The predicted molar refractivity (Wildman–Crippen MR) is 70.2 cm³/mol. The monoisotopic (exact) mass is 237 g/mol. The fraction of sp³-hybridized carbons (Fsp3) is 0.692. The molecule has 0 aliphatic rings. The van der Waals surface area contributed by atoms with E-state index in [0.29, 0.717) is 24.9 Å². The lowest BCUT2D eigenvalue weighted by Crippen LogP contribution is -2.31. The van der Waals surface area contributed by atoms with Gasteiger partial charge in [0.05, 0.1) is 5.69 Å². The molecule has 0 fully saturated rings. The molecule has 1 rings (SSSR count). The second kappa shape index (κ2) is 5.96. The van der Waals surface area contributed by atoms with Crippen molar-refractivity contribution in [3.8, 4) is 0 Å². The summed E-state index contributed by atoms with van der Waals surface area (Å²) in [5.74, 6) is 0.759. The first-order valence-corrected chi connectivity index (χ1v) is 6.21. The lowest BCUT2D eigenvalue weighted by Gasteiger charge is -2.13. The summed E-state index contributed by atoms with van der Waals surface area (Å²) in [7, 11) is 1.85. The molecule has 4 heteroatoms. The summed E-state index contributed by atoms with van der Waals surface area (Å²) in [4.78, 5) is 12.1. The summed E-state index contributed by atoms with van der Waals surface area (Å²) >= 11 is 0. The van der Waals surface area contributed by atoms with Crippen molar-refractivity contribution in [1.29, 1.82) is 0 Å². The molecule has 96 valence electrons. The van der Waals surface area contributed by atoms with Gasteiger partial charge in [0.25, 0.3) is 5.56 Å². The van der Waals surface area contributed by atoms with E-state index >= 15 is 0 Å². The molecule has 0 amide bonds. The molecular formula is C13H23N3O. The predicted octanol–water partition coefficient (Wildman–Crippen LogP) is 1.74. The molecule has 0 aromatic carbocycles. The van der Waals surface area contributed by atoms with Crippen LogP contribution < -0.4 is 10.9 Å². The highest BCUT2D eigenvalue weighted by Crippen LogP contribution is 2.11. The van der Waals surface area contributed by atoms with Gasteiger partial charge < -0.3 is 5.32 Å². The van der Waals surface area contributed by atoms with E-state index in [1.165, 1.54) is 0 Å². The lowest BCUT2D eigenvalue weighted by molar-refractivity contribution is 0.451. The number of aromatic nitrogens is 2. The zero-order valence-corrected chi connectivity index (χ0v) is 11.4. The molecule has 4 nitrogen and oxygen atoms in total. The fourth-order valence-corrected chi connectivity index (χ4v) is 1.69. The minimum absolute atomic E-state index is 0.0254. The van der Waals surface area contributed by atoms with Crippen molar-refractivity contribution in [2.75, 3.05) is 7.05 Å². The van der Waals surface area contributed by atoms with Gasteiger partial charge in [-0.25, -0.2) is 4.68 Å². The lowest BCUT2D eigenvalue weighted by atomic mass is 10.1. The number of hydrogen-bond acceptors (Lipinski definition) is 3. The third-order valence-corrected chi connectivity index (χ3v) is 2.56. The quantitative estimate of drug-likeness (QED) is 0.848. The van der Waals surface area contributed by atoms with Crippen LogP contribution in [0, 0.1) is 5.92 Å². The number of rotatable bonds is 5. The van der Waals surface area contributed by atoms with Crippen LogP contribution in [0.5, 0.6) is 0 Å². The Morgan fingerprint density at radius 1 is 1.35 bits per heavy atom. The molecule has 0 atom stereocenters. The van der Waals surface area contributed by atoms with E-state index in [1.807, 2.05) is 13.1 Å². The van der Waals surface area contributed by atoms with Crippen LogP contribution in [0.4, 0.5) is 0 Å². The molecule has 1 aromatic heterocycles. The van der Waals surface area contributed by atoms with E-state index in [9.17, 15) is 4.79 Å². The van der Waals surface area contributed by atoms with Crippen molar-refractivity contribution in [2.24, 2.45) is 5.92 Å². The normalized spacial score (nSPS) is 11.5. The van der Waals surface area contributed by atoms with Crippen molar-refractivity contribution in [2.45, 2.75) is 46.7 Å². The van der Waals surface area contributed by atoms with Crippen molar-refractivity contribution >= 4 is 0 Å². The summed E-state index contributed by atoms with van der Waals surface area (Å²) in [5.41, 5.74) is 1.81. The van der Waals surface area contributed by atoms with Crippen molar-refractivity contribution < 1.29 is 0 Å². The molecule has 0 saturated carbocycles. The van der Waals surface area contributed by atoms with Gasteiger partial charge >= 0.3 is 0 Å². The highest BCUT2D eigenvalue weighted by atomic mass is 16.1. The van der Waals surface area contributed by atoms with E-state index < -0.39 is 0 Å². The van der Waals surface area contributed by atoms with Gasteiger partial charge in [0.2, 0.25) is 0 Å². The van der Waals surface area contributed by atoms with Crippen LogP contribution in [0.3, 0.4) is 0 Å². The Balaban J connectivity index is 3.22. The zero-order valence-electron chi connectivity index (χ0n) is 11.4. The van der Waals surface area contributed by atoms with Gasteiger partial charge in [0.1, 0.15) is 0 Å². The van der Waals surface area contributed by atoms with E-state index in [4.69, 9.17) is 0 Å². The second-order valence-corrected chi connectivity index (χ2v) is 5.16. The molecule has 1 heterocycles. The smallest absolute Gasteiger partial charge is 0.271 e. The summed E-state index contributed by atoms with van der Waals surface area (Å²) in [5, 5.41) is 7.46. The SMILES string of the molecule is CNCc1cc(C(C)C)nn(CC(C)C)c1=O. The van der Waals surface area contributed by atoms with Gasteiger partial charge in [0, 0.05) is 18.7 Å². The summed E-state index contributed by atoms with van der Waals surface area (Å²) in [6.07, 6.45) is 0. The zero-order chi connectivity index (χ0) is 13.0. The van der Waals surface area contributed by atoms with Gasteiger partial charge in [0.15, 0.2) is 0 Å².